The number of benzene rings is 2. The van der Waals surface area contributed by atoms with Gasteiger partial charge in [0.2, 0.25) is 5.91 Å². The molecule has 0 aliphatic rings. The molecule has 1 N–H and O–H groups in total. The highest BCUT2D eigenvalue weighted by Crippen LogP contribution is 2.31. The molecule has 28 heavy (non-hydrogen) atoms. The van der Waals surface area contributed by atoms with Gasteiger partial charge in [-0.2, -0.15) is 18.4 Å². The lowest BCUT2D eigenvalue weighted by atomic mass is 10.1. The van der Waals surface area contributed by atoms with Crippen molar-refractivity contribution in [1.82, 2.24) is 4.98 Å². The Balaban J connectivity index is 1.62. The minimum absolute atomic E-state index is 0.0527. The van der Waals surface area contributed by atoms with Crippen molar-refractivity contribution in [1.29, 1.82) is 5.26 Å². The molecule has 0 saturated heterocycles. The number of carbonyl (C=O) groups excluding carboxylic acids is 1. The van der Waals surface area contributed by atoms with Crippen molar-refractivity contribution in [3.8, 4) is 16.6 Å². The molecule has 1 aromatic heterocycles. The van der Waals surface area contributed by atoms with Crippen LogP contribution in [0, 0.1) is 11.3 Å². The number of alkyl halides is 3. The van der Waals surface area contributed by atoms with Crippen molar-refractivity contribution in [3.63, 3.8) is 0 Å². The van der Waals surface area contributed by atoms with Gasteiger partial charge in [0.1, 0.15) is 5.01 Å². The maximum absolute atomic E-state index is 12.6. The molecule has 2 aromatic carbocycles. The van der Waals surface area contributed by atoms with Crippen LogP contribution in [0.1, 0.15) is 16.8 Å². The molecule has 0 spiro atoms. The van der Waals surface area contributed by atoms with Gasteiger partial charge in [0.25, 0.3) is 0 Å². The second-order valence-corrected chi connectivity index (χ2v) is 6.83. The lowest BCUT2D eigenvalue weighted by Crippen LogP contribution is -2.14. The van der Waals surface area contributed by atoms with Crippen LogP contribution in [-0.4, -0.2) is 10.9 Å². The van der Waals surface area contributed by atoms with Gasteiger partial charge in [-0.3, -0.25) is 4.79 Å². The first kappa shape index (κ1) is 19.6. The number of thiazole rings is 1. The largest absolute Gasteiger partial charge is 0.416 e. The van der Waals surface area contributed by atoms with Gasteiger partial charge in [-0.15, -0.1) is 11.3 Å². The van der Waals surface area contributed by atoms with E-state index in [9.17, 15) is 18.0 Å². The first-order chi connectivity index (χ1) is 13.3. The van der Waals surface area contributed by atoms with Gasteiger partial charge in [0.15, 0.2) is 0 Å². The predicted molar refractivity (Wildman–Crippen MR) is 101 cm³/mol. The smallest absolute Gasteiger partial charge is 0.326 e. The van der Waals surface area contributed by atoms with Crippen molar-refractivity contribution in [2.24, 2.45) is 0 Å². The highest BCUT2D eigenvalue weighted by Gasteiger charge is 2.30. The molecule has 4 nitrogen and oxygen atoms in total. The first-order valence-corrected chi connectivity index (χ1v) is 9.11. The third-order valence-corrected chi connectivity index (χ3v) is 4.81. The summed E-state index contributed by atoms with van der Waals surface area (Å²) in [7, 11) is 0. The van der Waals surface area contributed by atoms with Crippen LogP contribution in [0.5, 0.6) is 0 Å². The predicted octanol–water partition coefficient (Wildman–Crippen LogP) is 5.08. The highest BCUT2D eigenvalue weighted by molar-refractivity contribution is 7.13. The Morgan fingerprint density at radius 2 is 1.79 bits per heavy atom. The summed E-state index contributed by atoms with van der Waals surface area (Å²) >= 11 is 1.27. The molecule has 0 atom stereocenters. The monoisotopic (exact) mass is 401 g/mol. The molecule has 0 bridgehead atoms. The molecule has 1 heterocycles. The van der Waals surface area contributed by atoms with Gasteiger partial charge in [-0.25, -0.2) is 4.98 Å². The number of anilines is 1. The molecule has 1 amide bonds. The quantitative estimate of drug-likeness (QED) is 0.649. The number of hydrogen-bond acceptors (Lipinski definition) is 4. The van der Waals surface area contributed by atoms with Crippen LogP contribution >= 0.6 is 11.3 Å². The fourth-order valence-electron chi connectivity index (χ4n) is 2.49. The van der Waals surface area contributed by atoms with Gasteiger partial charge in [0, 0.05) is 16.6 Å². The zero-order valence-corrected chi connectivity index (χ0v) is 15.3. The molecule has 0 radical (unpaired) electrons. The van der Waals surface area contributed by atoms with E-state index >= 15 is 0 Å². The summed E-state index contributed by atoms with van der Waals surface area (Å²) in [4.78, 5) is 16.5. The van der Waals surface area contributed by atoms with Gasteiger partial charge in [0.05, 0.1) is 30.2 Å². The van der Waals surface area contributed by atoms with E-state index in [1.165, 1.54) is 23.5 Å². The molecule has 0 fully saturated rings. The van der Waals surface area contributed by atoms with E-state index in [2.05, 4.69) is 16.4 Å². The van der Waals surface area contributed by atoms with E-state index < -0.39 is 11.7 Å². The van der Waals surface area contributed by atoms with E-state index in [4.69, 9.17) is 5.26 Å². The normalized spacial score (nSPS) is 11.1. The van der Waals surface area contributed by atoms with Crippen LogP contribution in [0.3, 0.4) is 0 Å². The highest BCUT2D eigenvalue weighted by atomic mass is 32.1. The molecule has 3 rings (SSSR count). The molecule has 0 unspecified atom stereocenters. The number of rotatable bonds is 5. The molecule has 3 aromatic rings. The lowest BCUT2D eigenvalue weighted by molar-refractivity contribution is -0.137. The van der Waals surface area contributed by atoms with Crippen LogP contribution in [0.2, 0.25) is 0 Å². The molecule has 142 valence electrons. The Hall–Kier alpha value is -3.18. The fraction of sp³-hybridized carbons (Fsp3) is 0.150. The van der Waals surface area contributed by atoms with Gasteiger partial charge in [-0.1, -0.05) is 24.3 Å². The maximum Gasteiger partial charge on any atom is 0.416 e. The second-order valence-electron chi connectivity index (χ2n) is 5.98. The molecule has 0 aliphatic carbocycles. The van der Waals surface area contributed by atoms with Crippen molar-refractivity contribution < 1.29 is 18.0 Å². The number of amides is 1. The summed E-state index contributed by atoms with van der Waals surface area (Å²) < 4.78 is 37.9. The van der Waals surface area contributed by atoms with E-state index in [-0.39, 0.29) is 12.3 Å². The van der Waals surface area contributed by atoms with Crippen molar-refractivity contribution in [3.05, 3.63) is 70.7 Å². The summed E-state index contributed by atoms with van der Waals surface area (Å²) in [6.07, 6.45) is -4.02. The van der Waals surface area contributed by atoms with Gasteiger partial charge >= 0.3 is 6.18 Å². The third kappa shape index (κ3) is 4.96. The van der Waals surface area contributed by atoms with E-state index in [1.54, 1.807) is 29.6 Å². The lowest BCUT2D eigenvalue weighted by Gasteiger charge is -2.06. The molecular formula is C20H14F3N3OS. The number of nitriles is 1. The number of nitrogens with zero attached hydrogens (tertiary/aromatic N) is 2. The van der Waals surface area contributed by atoms with E-state index in [1.807, 2.05) is 0 Å². The summed E-state index contributed by atoms with van der Waals surface area (Å²) in [5.41, 5.74) is 1.87. The Morgan fingerprint density at radius 1 is 1.11 bits per heavy atom. The third-order valence-electron chi connectivity index (χ3n) is 3.87. The number of aromatic nitrogens is 1. The minimum atomic E-state index is -4.38. The summed E-state index contributed by atoms with van der Waals surface area (Å²) in [5.74, 6) is -0.252. The Bertz CT molecular complexity index is 1000. The fourth-order valence-corrected chi connectivity index (χ4v) is 3.32. The van der Waals surface area contributed by atoms with E-state index in [0.717, 1.165) is 17.7 Å². The average Bonchev–Trinajstić information content (AvgIpc) is 3.11. The zero-order valence-electron chi connectivity index (χ0n) is 14.5. The van der Waals surface area contributed by atoms with Crippen molar-refractivity contribution in [2.75, 3.05) is 5.32 Å². The SMILES string of the molecule is N#CCc1ccc(NC(=O)Cc2csc(-c3ccc(C(F)(F)F)cc3)n2)cc1. The summed E-state index contributed by atoms with van der Waals surface area (Å²) in [6.45, 7) is 0. The Morgan fingerprint density at radius 3 is 2.39 bits per heavy atom. The number of carbonyl (C=O) groups is 1. The van der Waals surface area contributed by atoms with Crippen molar-refractivity contribution in [2.45, 2.75) is 19.0 Å². The summed E-state index contributed by atoms with van der Waals surface area (Å²) in [6, 6.07) is 13.8. The minimum Gasteiger partial charge on any atom is -0.326 e. The zero-order chi connectivity index (χ0) is 20.1. The molecule has 0 aliphatic heterocycles. The van der Waals surface area contributed by atoms with Crippen LogP contribution < -0.4 is 5.32 Å². The number of hydrogen-bond donors (Lipinski definition) is 1. The van der Waals surface area contributed by atoms with Crippen LogP contribution in [-0.2, 0) is 23.8 Å². The second kappa shape index (κ2) is 8.23. The Labute approximate surface area is 163 Å². The summed E-state index contributed by atoms with van der Waals surface area (Å²) in [5, 5.41) is 13.7. The van der Waals surface area contributed by atoms with Crippen LogP contribution in [0.25, 0.3) is 10.6 Å². The first-order valence-electron chi connectivity index (χ1n) is 8.23. The number of nitrogens with one attached hydrogen (secondary N) is 1. The Kier molecular flexibility index (Phi) is 5.76. The topological polar surface area (TPSA) is 65.8 Å². The average molecular weight is 401 g/mol. The van der Waals surface area contributed by atoms with E-state index in [0.29, 0.717) is 28.4 Å². The van der Waals surface area contributed by atoms with Crippen LogP contribution in [0.15, 0.2) is 53.9 Å². The maximum atomic E-state index is 12.6. The molecule has 0 saturated carbocycles. The molecule has 8 heteroatoms. The number of halogens is 3. The van der Waals surface area contributed by atoms with Gasteiger partial charge < -0.3 is 5.32 Å². The van der Waals surface area contributed by atoms with Crippen molar-refractivity contribution >= 4 is 22.9 Å². The molecular weight excluding hydrogens is 387 g/mol. The van der Waals surface area contributed by atoms with Gasteiger partial charge in [-0.05, 0) is 29.8 Å². The standard InChI is InChI=1S/C20H14F3N3OS/c21-20(22,23)15-5-3-14(4-6-15)19-26-17(12-28-19)11-18(27)25-16-7-1-13(2-8-16)9-10-24/h1-8,12H,9,11H2,(H,25,27). The van der Waals surface area contributed by atoms with Crippen LogP contribution in [0.4, 0.5) is 18.9 Å².